The number of hydrogen-bond donors (Lipinski definition) is 1. The third kappa shape index (κ3) is 4.26. The molecular weight excluding hydrogens is 476 g/mol. The Morgan fingerprint density at radius 2 is 1.97 bits per heavy atom. The SMILES string of the molecule is COC1=C(OCC2CC2)C=CC2=C(N3CCOc4ccc(-c5ccc6nc(C)[nH]c6c5)cc4C3)N=CCC21. The highest BCUT2D eigenvalue weighted by Gasteiger charge is 2.33. The van der Waals surface area contributed by atoms with Gasteiger partial charge < -0.3 is 24.1 Å². The van der Waals surface area contributed by atoms with Crippen LogP contribution in [0.2, 0.25) is 0 Å². The Bertz CT molecular complexity index is 1530. The number of allylic oxidation sites excluding steroid dienone is 3. The Balaban J connectivity index is 1.19. The van der Waals surface area contributed by atoms with Gasteiger partial charge in [0.05, 0.1) is 37.2 Å². The molecule has 3 aromatic rings. The molecule has 1 atom stereocenters. The summed E-state index contributed by atoms with van der Waals surface area (Å²) in [7, 11) is 1.75. The molecule has 0 spiro atoms. The van der Waals surface area contributed by atoms with Crippen LogP contribution in [0.5, 0.6) is 5.75 Å². The molecule has 0 radical (unpaired) electrons. The largest absolute Gasteiger partial charge is 0.497 e. The minimum absolute atomic E-state index is 0.117. The Morgan fingerprint density at radius 3 is 2.84 bits per heavy atom. The van der Waals surface area contributed by atoms with Crippen LogP contribution in [0.4, 0.5) is 0 Å². The van der Waals surface area contributed by atoms with Crippen molar-refractivity contribution in [1.29, 1.82) is 0 Å². The number of ether oxygens (including phenoxy) is 3. The lowest BCUT2D eigenvalue weighted by Crippen LogP contribution is -2.30. The normalized spacial score (nSPS) is 20.8. The van der Waals surface area contributed by atoms with Gasteiger partial charge in [-0.1, -0.05) is 18.2 Å². The van der Waals surface area contributed by atoms with Crippen LogP contribution in [0.15, 0.2) is 76.5 Å². The predicted octanol–water partition coefficient (Wildman–Crippen LogP) is 5.89. The number of aromatic amines is 1. The van der Waals surface area contributed by atoms with Crippen LogP contribution in [0.3, 0.4) is 0 Å². The summed E-state index contributed by atoms with van der Waals surface area (Å²) >= 11 is 0. The van der Waals surface area contributed by atoms with Gasteiger partial charge in [-0.25, -0.2) is 9.98 Å². The summed E-state index contributed by atoms with van der Waals surface area (Å²) in [5, 5.41) is 0. The molecule has 1 fully saturated rings. The molecule has 0 bridgehead atoms. The minimum Gasteiger partial charge on any atom is -0.497 e. The first-order valence-electron chi connectivity index (χ1n) is 13.5. The Labute approximate surface area is 222 Å². The van der Waals surface area contributed by atoms with Crippen molar-refractivity contribution in [2.24, 2.45) is 16.8 Å². The average Bonchev–Trinajstić information content (AvgIpc) is 3.72. The highest BCUT2D eigenvalue weighted by molar-refractivity contribution is 5.82. The van der Waals surface area contributed by atoms with Crippen molar-refractivity contribution in [2.45, 2.75) is 32.7 Å². The van der Waals surface area contributed by atoms with Crippen LogP contribution >= 0.6 is 0 Å². The van der Waals surface area contributed by atoms with Gasteiger partial charge in [0.15, 0.2) is 5.76 Å². The van der Waals surface area contributed by atoms with Crippen LogP contribution in [0.1, 0.15) is 30.7 Å². The zero-order valence-corrected chi connectivity index (χ0v) is 21.9. The number of aliphatic imine (C=N–C) groups is 1. The van der Waals surface area contributed by atoms with Gasteiger partial charge in [-0.05, 0) is 73.6 Å². The number of methoxy groups -OCH3 is 1. The minimum atomic E-state index is 0.117. The molecule has 2 aliphatic heterocycles. The summed E-state index contributed by atoms with van der Waals surface area (Å²) in [6, 6.07) is 12.9. The average molecular weight is 509 g/mol. The molecule has 2 aliphatic carbocycles. The van der Waals surface area contributed by atoms with E-state index in [1.165, 1.54) is 18.4 Å². The van der Waals surface area contributed by atoms with Gasteiger partial charge in [-0.15, -0.1) is 0 Å². The van der Waals surface area contributed by atoms with E-state index < -0.39 is 0 Å². The molecule has 3 heterocycles. The maximum atomic E-state index is 6.19. The van der Waals surface area contributed by atoms with Gasteiger partial charge in [0, 0.05) is 23.9 Å². The van der Waals surface area contributed by atoms with Crippen molar-refractivity contribution in [1.82, 2.24) is 14.9 Å². The summed E-state index contributed by atoms with van der Waals surface area (Å²) in [4.78, 5) is 15.1. The number of nitrogens with one attached hydrogen (secondary N) is 1. The highest BCUT2D eigenvalue weighted by atomic mass is 16.5. The van der Waals surface area contributed by atoms with E-state index >= 15 is 0 Å². The second kappa shape index (κ2) is 9.39. The van der Waals surface area contributed by atoms with E-state index in [0.29, 0.717) is 12.5 Å². The van der Waals surface area contributed by atoms with Crippen molar-refractivity contribution in [3.63, 3.8) is 0 Å². The zero-order valence-electron chi connectivity index (χ0n) is 21.9. The fourth-order valence-corrected chi connectivity index (χ4v) is 5.65. The van der Waals surface area contributed by atoms with E-state index in [1.54, 1.807) is 7.11 Å². The molecule has 2 aromatic carbocycles. The van der Waals surface area contributed by atoms with Crippen molar-refractivity contribution >= 4 is 17.2 Å². The topological polar surface area (TPSA) is 72.0 Å². The maximum absolute atomic E-state index is 6.19. The number of fused-ring (bicyclic) bond motifs is 3. The first-order valence-corrected chi connectivity index (χ1v) is 13.5. The van der Waals surface area contributed by atoms with Crippen molar-refractivity contribution in [2.75, 3.05) is 26.9 Å². The first kappa shape index (κ1) is 23.1. The third-order valence-electron chi connectivity index (χ3n) is 7.83. The molecule has 1 saturated carbocycles. The van der Waals surface area contributed by atoms with E-state index in [9.17, 15) is 0 Å². The fourth-order valence-electron chi connectivity index (χ4n) is 5.65. The van der Waals surface area contributed by atoms with Crippen LogP contribution in [0, 0.1) is 18.8 Å². The van der Waals surface area contributed by atoms with Gasteiger partial charge in [-0.3, -0.25) is 0 Å². The number of nitrogens with zero attached hydrogens (tertiary/aromatic N) is 3. The van der Waals surface area contributed by atoms with E-state index in [4.69, 9.17) is 19.2 Å². The summed E-state index contributed by atoms with van der Waals surface area (Å²) < 4.78 is 18.2. The van der Waals surface area contributed by atoms with Gasteiger partial charge >= 0.3 is 0 Å². The van der Waals surface area contributed by atoms with Gasteiger partial charge in [0.1, 0.15) is 29.8 Å². The smallest absolute Gasteiger partial charge is 0.157 e. The lowest BCUT2D eigenvalue weighted by atomic mass is 9.87. The molecule has 0 saturated heterocycles. The molecule has 1 unspecified atom stereocenters. The number of aryl methyl sites for hydroxylation is 1. The standard InChI is InChI=1S/C31H32N4O3/c1-19-33-26-8-5-22(16-27(26)34-19)21-6-9-28-23(15-21)17-35(13-14-37-28)31-25-7-10-29(38-18-20-3-4-20)30(36-2)24(25)11-12-32-31/h5-10,12,15-16,20,24H,3-4,11,13-14,17-18H2,1-2H3,(H,33,34). The summed E-state index contributed by atoms with van der Waals surface area (Å²) in [6.07, 6.45) is 9.59. The maximum Gasteiger partial charge on any atom is 0.157 e. The van der Waals surface area contributed by atoms with Crippen molar-refractivity contribution in [3.8, 4) is 16.9 Å². The van der Waals surface area contributed by atoms with Gasteiger partial charge in [-0.2, -0.15) is 0 Å². The molecule has 7 nitrogen and oxygen atoms in total. The summed E-state index contributed by atoms with van der Waals surface area (Å²) in [6.45, 7) is 4.85. The van der Waals surface area contributed by atoms with Crippen molar-refractivity contribution < 1.29 is 14.2 Å². The summed E-state index contributed by atoms with van der Waals surface area (Å²) in [5.74, 6) is 5.43. The lowest BCUT2D eigenvalue weighted by molar-refractivity contribution is 0.162. The Morgan fingerprint density at radius 1 is 1.11 bits per heavy atom. The van der Waals surface area contributed by atoms with Gasteiger partial charge in [0.2, 0.25) is 0 Å². The van der Waals surface area contributed by atoms with Crippen LogP contribution in [-0.2, 0) is 16.0 Å². The van der Waals surface area contributed by atoms with Crippen LogP contribution < -0.4 is 4.74 Å². The molecule has 38 heavy (non-hydrogen) atoms. The molecule has 7 heteroatoms. The van der Waals surface area contributed by atoms with Gasteiger partial charge in [0.25, 0.3) is 0 Å². The zero-order chi connectivity index (χ0) is 25.6. The predicted molar refractivity (Wildman–Crippen MR) is 148 cm³/mol. The number of H-pyrrole nitrogens is 1. The molecule has 4 aliphatic rings. The molecular formula is C31H32N4O3. The van der Waals surface area contributed by atoms with Crippen LogP contribution in [-0.4, -0.2) is 48.0 Å². The van der Waals surface area contributed by atoms with E-state index in [2.05, 4.69) is 63.4 Å². The number of aromatic nitrogens is 2. The lowest BCUT2D eigenvalue weighted by Gasteiger charge is -2.33. The number of benzene rings is 2. The second-order valence-corrected chi connectivity index (χ2v) is 10.5. The number of imidazole rings is 1. The monoisotopic (exact) mass is 508 g/mol. The molecule has 194 valence electrons. The Hall–Kier alpha value is -4.00. The summed E-state index contributed by atoms with van der Waals surface area (Å²) in [5.41, 5.74) is 6.69. The van der Waals surface area contributed by atoms with E-state index in [0.717, 1.165) is 82.8 Å². The Kier molecular flexibility index (Phi) is 5.72. The number of hydrogen-bond acceptors (Lipinski definition) is 6. The molecule has 1 aromatic heterocycles. The fraction of sp³-hybridized carbons (Fsp3) is 0.355. The first-order chi connectivity index (χ1) is 18.7. The highest BCUT2D eigenvalue weighted by Crippen LogP contribution is 2.40. The molecule has 0 amide bonds. The van der Waals surface area contributed by atoms with E-state index in [-0.39, 0.29) is 5.92 Å². The van der Waals surface area contributed by atoms with Crippen molar-refractivity contribution in [3.05, 3.63) is 82.9 Å². The number of rotatable bonds is 6. The van der Waals surface area contributed by atoms with Crippen LogP contribution in [0.25, 0.3) is 22.2 Å². The quantitative estimate of drug-likeness (QED) is 0.450. The molecule has 1 N–H and O–H groups in total. The molecule has 7 rings (SSSR count). The third-order valence-corrected chi connectivity index (χ3v) is 7.83. The second-order valence-electron chi connectivity index (χ2n) is 10.5. The van der Waals surface area contributed by atoms with E-state index in [1.807, 2.05) is 13.1 Å².